The van der Waals surface area contributed by atoms with Crippen molar-refractivity contribution in [3.05, 3.63) is 42.2 Å². The highest BCUT2D eigenvalue weighted by molar-refractivity contribution is 5.94. The molecule has 0 aliphatic heterocycles. The van der Waals surface area contributed by atoms with Gasteiger partial charge in [0.25, 0.3) is 0 Å². The molecule has 1 aromatic carbocycles. The lowest BCUT2D eigenvalue weighted by atomic mass is 10.3. The van der Waals surface area contributed by atoms with Crippen LogP contribution in [0.3, 0.4) is 0 Å². The number of carbonyl (C=O) groups excluding carboxylic acids is 1. The van der Waals surface area contributed by atoms with Gasteiger partial charge in [0.05, 0.1) is 23.1 Å². The van der Waals surface area contributed by atoms with E-state index in [4.69, 9.17) is 0 Å². The normalized spacial score (nSPS) is 11.0. The second-order valence-electron chi connectivity index (χ2n) is 5.07. The molecule has 6 nitrogen and oxygen atoms in total. The third-order valence-electron chi connectivity index (χ3n) is 3.54. The molecule has 3 rings (SSSR count). The molecule has 0 atom stereocenters. The molecular weight excluding hydrogens is 266 g/mol. The minimum atomic E-state index is -0.0351. The molecule has 2 heterocycles. The summed E-state index contributed by atoms with van der Waals surface area (Å²) in [7, 11) is 5.49. The van der Waals surface area contributed by atoms with Crippen LogP contribution in [0.25, 0.3) is 11.0 Å². The number of amides is 1. The molecule has 0 N–H and O–H groups in total. The Morgan fingerprint density at radius 3 is 2.67 bits per heavy atom. The van der Waals surface area contributed by atoms with Crippen molar-refractivity contribution in [3.8, 4) is 0 Å². The first-order chi connectivity index (χ1) is 10.1. The molecule has 0 aliphatic rings. The average Bonchev–Trinajstić information content (AvgIpc) is 3.03. The first-order valence-corrected chi connectivity index (χ1v) is 6.73. The van der Waals surface area contributed by atoms with Crippen molar-refractivity contribution in [2.45, 2.75) is 6.42 Å². The Labute approximate surface area is 122 Å². The van der Waals surface area contributed by atoms with Crippen LogP contribution in [0.4, 0.5) is 5.95 Å². The van der Waals surface area contributed by atoms with Crippen LogP contribution < -0.4 is 4.90 Å². The lowest BCUT2D eigenvalue weighted by Crippen LogP contribution is -2.30. The van der Waals surface area contributed by atoms with Crippen molar-refractivity contribution in [2.75, 3.05) is 11.9 Å². The average molecular weight is 283 g/mol. The Morgan fingerprint density at radius 1 is 1.24 bits per heavy atom. The zero-order chi connectivity index (χ0) is 15.0. The summed E-state index contributed by atoms with van der Waals surface area (Å²) in [5.41, 5.74) is 2.64. The Kier molecular flexibility index (Phi) is 3.21. The second-order valence-corrected chi connectivity index (χ2v) is 5.07. The number of hydrogen-bond donors (Lipinski definition) is 0. The zero-order valence-electron chi connectivity index (χ0n) is 12.3. The molecule has 21 heavy (non-hydrogen) atoms. The van der Waals surface area contributed by atoms with Gasteiger partial charge in [0, 0.05) is 27.3 Å². The quantitative estimate of drug-likeness (QED) is 0.732. The highest BCUT2D eigenvalue weighted by Crippen LogP contribution is 2.20. The molecule has 0 fully saturated rings. The van der Waals surface area contributed by atoms with E-state index in [-0.39, 0.29) is 12.3 Å². The predicted octanol–water partition coefficient (Wildman–Crippen LogP) is 1.51. The number of carbonyl (C=O) groups is 1. The van der Waals surface area contributed by atoms with Gasteiger partial charge in [-0.05, 0) is 18.2 Å². The van der Waals surface area contributed by atoms with E-state index in [1.807, 2.05) is 55.2 Å². The van der Waals surface area contributed by atoms with Crippen molar-refractivity contribution in [1.29, 1.82) is 0 Å². The Hall–Kier alpha value is -2.63. The zero-order valence-corrected chi connectivity index (χ0v) is 12.3. The molecule has 1 amide bonds. The summed E-state index contributed by atoms with van der Waals surface area (Å²) in [5.74, 6) is 0.601. The topological polar surface area (TPSA) is 56.0 Å². The fourth-order valence-corrected chi connectivity index (χ4v) is 2.38. The number of benzene rings is 1. The van der Waals surface area contributed by atoms with E-state index in [0.29, 0.717) is 5.95 Å². The van der Waals surface area contributed by atoms with E-state index in [9.17, 15) is 4.79 Å². The van der Waals surface area contributed by atoms with Crippen LogP contribution in [-0.2, 0) is 25.3 Å². The first kappa shape index (κ1) is 13.4. The molecule has 0 radical (unpaired) electrons. The summed E-state index contributed by atoms with van der Waals surface area (Å²) in [4.78, 5) is 18.5. The van der Waals surface area contributed by atoms with Gasteiger partial charge in [0.2, 0.25) is 11.9 Å². The summed E-state index contributed by atoms with van der Waals surface area (Å²) in [6, 6.07) is 9.68. The van der Waals surface area contributed by atoms with Crippen LogP contribution in [0.5, 0.6) is 0 Å². The van der Waals surface area contributed by atoms with Crippen LogP contribution >= 0.6 is 0 Å². The summed E-state index contributed by atoms with van der Waals surface area (Å²) in [6.45, 7) is 0. The van der Waals surface area contributed by atoms with Gasteiger partial charge in [-0.2, -0.15) is 5.10 Å². The minimum absolute atomic E-state index is 0.0351. The lowest BCUT2D eigenvalue weighted by Gasteiger charge is -2.15. The number of aryl methyl sites for hydroxylation is 2. The van der Waals surface area contributed by atoms with Crippen molar-refractivity contribution in [1.82, 2.24) is 19.3 Å². The third kappa shape index (κ3) is 2.40. The van der Waals surface area contributed by atoms with Crippen molar-refractivity contribution in [2.24, 2.45) is 14.1 Å². The minimum Gasteiger partial charge on any atom is -0.313 e. The number of hydrogen-bond acceptors (Lipinski definition) is 3. The maximum Gasteiger partial charge on any atom is 0.235 e. The van der Waals surface area contributed by atoms with Gasteiger partial charge in [0.1, 0.15) is 0 Å². The number of para-hydroxylation sites is 2. The first-order valence-electron chi connectivity index (χ1n) is 6.73. The molecule has 0 bridgehead atoms. The van der Waals surface area contributed by atoms with Crippen LogP contribution in [0.1, 0.15) is 5.69 Å². The standard InChI is InChI=1S/C15H17N5O/c1-18-9-8-11(17-18)10-14(21)20(3)15-16-12-6-4-5-7-13(12)19(15)2/h4-9H,10H2,1-3H3. The van der Waals surface area contributed by atoms with Crippen LogP contribution in [0.15, 0.2) is 36.5 Å². The number of imidazole rings is 1. The summed E-state index contributed by atoms with van der Waals surface area (Å²) in [5, 5.41) is 4.23. The van der Waals surface area contributed by atoms with Gasteiger partial charge in [-0.3, -0.25) is 14.4 Å². The number of anilines is 1. The molecule has 0 spiro atoms. The maximum atomic E-state index is 12.4. The molecule has 0 saturated heterocycles. The molecule has 0 saturated carbocycles. The monoisotopic (exact) mass is 283 g/mol. The van der Waals surface area contributed by atoms with E-state index < -0.39 is 0 Å². The number of likely N-dealkylation sites (N-methyl/N-ethyl adjacent to an activating group) is 1. The van der Waals surface area contributed by atoms with Gasteiger partial charge < -0.3 is 4.57 Å². The maximum absolute atomic E-state index is 12.4. The largest absolute Gasteiger partial charge is 0.313 e. The summed E-state index contributed by atoms with van der Waals surface area (Å²) < 4.78 is 3.61. The Morgan fingerprint density at radius 2 is 2.00 bits per heavy atom. The highest BCUT2D eigenvalue weighted by atomic mass is 16.2. The number of fused-ring (bicyclic) bond motifs is 1. The number of aromatic nitrogens is 4. The number of rotatable bonds is 3. The van der Waals surface area contributed by atoms with Crippen LogP contribution in [0.2, 0.25) is 0 Å². The van der Waals surface area contributed by atoms with Gasteiger partial charge in [-0.25, -0.2) is 4.98 Å². The highest BCUT2D eigenvalue weighted by Gasteiger charge is 2.18. The van der Waals surface area contributed by atoms with Gasteiger partial charge >= 0.3 is 0 Å². The van der Waals surface area contributed by atoms with Gasteiger partial charge in [0.15, 0.2) is 0 Å². The Balaban J connectivity index is 1.87. The van der Waals surface area contributed by atoms with E-state index >= 15 is 0 Å². The molecule has 3 aromatic rings. The van der Waals surface area contributed by atoms with E-state index in [2.05, 4.69) is 10.1 Å². The fourth-order valence-electron chi connectivity index (χ4n) is 2.38. The summed E-state index contributed by atoms with van der Waals surface area (Å²) in [6.07, 6.45) is 2.10. The summed E-state index contributed by atoms with van der Waals surface area (Å²) >= 11 is 0. The van der Waals surface area contributed by atoms with Gasteiger partial charge in [-0.15, -0.1) is 0 Å². The van der Waals surface area contributed by atoms with Crippen molar-refractivity contribution >= 4 is 22.9 Å². The van der Waals surface area contributed by atoms with Crippen molar-refractivity contribution < 1.29 is 4.79 Å². The molecule has 108 valence electrons. The molecule has 0 aliphatic carbocycles. The Bertz CT molecular complexity index is 801. The van der Waals surface area contributed by atoms with E-state index in [1.165, 1.54) is 0 Å². The molecule has 2 aromatic heterocycles. The fraction of sp³-hybridized carbons (Fsp3) is 0.267. The smallest absolute Gasteiger partial charge is 0.235 e. The van der Waals surface area contributed by atoms with Gasteiger partial charge in [-0.1, -0.05) is 12.1 Å². The van der Waals surface area contributed by atoms with E-state index in [1.54, 1.807) is 16.6 Å². The van der Waals surface area contributed by atoms with E-state index in [0.717, 1.165) is 16.7 Å². The number of nitrogens with zero attached hydrogens (tertiary/aromatic N) is 5. The third-order valence-corrected chi connectivity index (χ3v) is 3.54. The van der Waals surface area contributed by atoms with Crippen LogP contribution in [-0.4, -0.2) is 32.3 Å². The second kappa shape index (κ2) is 5.05. The lowest BCUT2D eigenvalue weighted by molar-refractivity contribution is -0.117. The molecular formula is C15H17N5O. The van der Waals surface area contributed by atoms with Crippen molar-refractivity contribution in [3.63, 3.8) is 0 Å². The van der Waals surface area contributed by atoms with Crippen LogP contribution in [0, 0.1) is 0 Å². The molecule has 0 unspecified atom stereocenters. The molecule has 6 heteroatoms. The SMILES string of the molecule is CN(C(=O)Cc1ccn(C)n1)c1nc2ccccc2n1C. The predicted molar refractivity (Wildman–Crippen MR) is 81.0 cm³/mol.